The van der Waals surface area contributed by atoms with Crippen LogP contribution in [0.4, 0.5) is 0 Å². The molecule has 1 aliphatic rings. The lowest BCUT2D eigenvalue weighted by Gasteiger charge is -2.40. The number of benzene rings is 2. The van der Waals surface area contributed by atoms with E-state index in [9.17, 15) is 15.3 Å². The number of ether oxygens (including phenoxy) is 3. The Hall–Kier alpha value is -1.80. The highest BCUT2D eigenvalue weighted by Crippen LogP contribution is 2.24. The highest BCUT2D eigenvalue weighted by molar-refractivity contribution is 5.14. The van der Waals surface area contributed by atoms with Gasteiger partial charge < -0.3 is 29.5 Å². The van der Waals surface area contributed by atoms with Gasteiger partial charge in [-0.3, -0.25) is 0 Å². The summed E-state index contributed by atoms with van der Waals surface area (Å²) >= 11 is 0. The number of hydrogen-bond acceptors (Lipinski definition) is 6. The molecule has 1 aliphatic heterocycles. The van der Waals surface area contributed by atoms with E-state index in [4.69, 9.17) is 14.2 Å². The first-order valence-corrected chi connectivity index (χ1v) is 8.62. The van der Waals surface area contributed by atoms with E-state index in [-0.39, 0.29) is 13.2 Å². The molecule has 0 radical (unpaired) electrons. The van der Waals surface area contributed by atoms with Gasteiger partial charge in [0.15, 0.2) is 6.29 Å². The largest absolute Gasteiger partial charge is 0.387 e. The third kappa shape index (κ3) is 4.88. The molecular formula is C20H24O6. The summed E-state index contributed by atoms with van der Waals surface area (Å²) in [5, 5.41) is 30.0. The van der Waals surface area contributed by atoms with Crippen LogP contribution in [-0.2, 0) is 27.4 Å². The van der Waals surface area contributed by atoms with Crippen molar-refractivity contribution in [2.75, 3.05) is 6.61 Å². The van der Waals surface area contributed by atoms with Crippen LogP contribution in [0.15, 0.2) is 60.7 Å². The minimum absolute atomic E-state index is 0.120. The highest BCUT2D eigenvalue weighted by Gasteiger charge is 2.44. The van der Waals surface area contributed by atoms with Crippen LogP contribution in [0.5, 0.6) is 0 Å². The molecule has 1 fully saturated rings. The molecule has 0 amide bonds. The number of aliphatic hydroxyl groups is 3. The van der Waals surface area contributed by atoms with E-state index in [1.54, 1.807) is 0 Å². The van der Waals surface area contributed by atoms with E-state index < -0.39 is 30.7 Å². The van der Waals surface area contributed by atoms with E-state index in [0.717, 1.165) is 11.1 Å². The standard InChI is InChI=1S/C20H24O6/c21-17-18(22)20(23)26-16(13-24-11-14-7-3-1-4-8-14)19(17)25-12-15-9-5-2-6-10-15/h1-10,16-23H,11-13H2/t16-,17-,18+,19-,20+/m1/s1. The Morgan fingerprint density at radius 1 is 0.769 bits per heavy atom. The van der Waals surface area contributed by atoms with Crippen LogP contribution in [0.1, 0.15) is 11.1 Å². The average Bonchev–Trinajstić information content (AvgIpc) is 2.67. The van der Waals surface area contributed by atoms with Crippen LogP contribution < -0.4 is 0 Å². The molecule has 0 saturated carbocycles. The average molecular weight is 360 g/mol. The summed E-state index contributed by atoms with van der Waals surface area (Å²) in [5.74, 6) is 0. The Bertz CT molecular complexity index is 650. The van der Waals surface area contributed by atoms with Crippen molar-refractivity contribution in [3.63, 3.8) is 0 Å². The monoisotopic (exact) mass is 360 g/mol. The van der Waals surface area contributed by atoms with Crippen molar-refractivity contribution in [1.82, 2.24) is 0 Å². The zero-order valence-electron chi connectivity index (χ0n) is 14.3. The smallest absolute Gasteiger partial charge is 0.184 e. The topological polar surface area (TPSA) is 88.4 Å². The Labute approximate surface area is 152 Å². The van der Waals surface area contributed by atoms with Gasteiger partial charge in [-0.25, -0.2) is 0 Å². The lowest BCUT2D eigenvalue weighted by atomic mass is 9.99. The molecule has 0 aliphatic carbocycles. The molecule has 6 nitrogen and oxygen atoms in total. The molecule has 0 spiro atoms. The van der Waals surface area contributed by atoms with Crippen LogP contribution in [0, 0.1) is 0 Å². The molecule has 6 heteroatoms. The van der Waals surface area contributed by atoms with Gasteiger partial charge in [-0.05, 0) is 11.1 Å². The van der Waals surface area contributed by atoms with E-state index in [1.807, 2.05) is 60.7 Å². The Morgan fingerprint density at radius 2 is 1.35 bits per heavy atom. The molecule has 2 aromatic rings. The second kappa shape index (κ2) is 9.23. The molecular weight excluding hydrogens is 336 g/mol. The molecule has 0 unspecified atom stereocenters. The lowest BCUT2D eigenvalue weighted by Crippen LogP contribution is -2.59. The van der Waals surface area contributed by atoms with Gasteiger partial charge in [0, 0.05) is 0 Å². The van der Waals surface area contributed by atoms with Gasteiger partial charge in [-0.2, -0.15) is 0 Å². The van der Waals surface area contributed by atoms with Gasteiger partial charge in [0.25, 0.3) is 0 Å². The first-order chi connectivity index (χ1) is 12.6. The van der Waals surface area contributed by atoms with Gasteiger partial charge in [-0.1, -0.05) is 60.7 Å². The van der Waals surface area contributed by atoms with E-state index in [2.05, 4.69) is 0 Å². The van der Waals surface area contributed by atoms with Gasteiger partial charge in [0.05, 0.1) is 19.8 Å². The lowest BCUT2D eigenvalue weighted by molar-refractivity contribution is -0.298. The second-order valence-corrected chi connectivity index (χ2v) is 6.31. The van der Waals surface area contributed by atoms with Crippen molar-refractivity contribution >= 4 is 0 Å². The quantitative estimate of drug-likeness (QED) is 0.688. The summed E-state index contributed by atoms with van der Waals surface area (Å²) in [6.45, 7) is 0.750. The maximum atomic E-state index is 10.3. The Morgan fingerprint density at radius 3 is 1.96 bits per heavy atom. The third-order valence-electron chi connectivity index (χ3n) is 4.34. The van der Waals surface area contributed by atoms with Crippen LogP contribution in [0.25, 0.3) is 0 Å². The fourth-order valence-corrected chi connectivity index (χ4v) is 2.89. The van der Waals surface area contributed by atoms with Gasteiger partial charge >= 0.3 is 0 Å². The Kier molecular flexibility index (Phi) is 6.73. The summed E-state index contributed by atoms with van der Waals surface area (Å²) in [6, 6.07) is 19.2. The number of rotatable bonds is 7. The zero-order valence-corrected chi connectivity index (χ0v) is 14.3. The zero-order chi connectivity index (χ0) is 18.4. The fraction of sp³-hybridized carbons (Fsp3) is 0.400. The highest BCUT2D eigenvalue weighted by atomic mass is 16.7. The molecule has 5 atom stereocenters. The maximum Gasteiger partial charge on any atom is 0.184 e. The molecule has 140 valence electrons. The normalized spacial score (nSPS) is 28.8. The summed E-state index contributed by atoms with van der Waals surface area (Å²) < 4.78 is 16.9. The van der Waals surface area contributed by atoms with Crippen LogP contribution >= 0.6 is 0 Å². The number of aliphatic hydroxyl groups excluding tert-OH is 3. The molecule has 3 N–H and O–H groups in total. The molecule has 3 rings (SSSR count). The van der Waals surface area contributed by atoms with Crippen molar-refractivity contribution in [1.29, 1.82) is 0 Å². The van der Waals surface area contributed by atoms with Gasteiger partial charge in [0.1, 0.15) is 24.4 Å². The Balaban J connectivity index is 1.59. The summed E-state index contributed by atoms with van der Waals surface area (Å²) in [6.07, 6.45) is -5.69. The maximum absolute atomic E-state index is 10.3. The molecule has 2 aromatic carbocycles. The van der Waals surface area contributed by atoms with Crippen molar-refractivity contribution in [3.8, 4) is 0 Å². The minimum atomic E-state index is -1.48. The van der Waals surface area contributed by atoms with Gasteiger partial charge in [0.2, 0.25) is 0 Å². The van der Waals surface area contributed by atoms with Crippen LogP contribution in [0.3, 0.4) is 0 Å². The van der Waals surface area contributed by atoms with Crippen molar-refractivity contribution < 1.29 is 29.5 Å². The summed E-state index contributed by atoms with van der Waals surface area (Å²) in [4.78, 5) is 0. The van der Waals surface area contributed by atoms with E-state index in [0.29, 0.717) is 6.61 Å². The van der Waals surface area contributed by atoms with E-state index in [1.165, 1.54) is 0 Å². The molecule has 1 heterocycles. The second-order valence-electron chi connectivity index (χ2n) is 6.31. The molecule has 0 aromatic heterocycles. The van der Waals surface area contributed by atoms with E-state index >= 15 is 0 Å². The third-order valence-corrected chi connectivity index (χ3v) is 4.34. The van der Waals surface area contributed by atoms with Crippen LogP contribution in [0.2, 0.25) is 0 Å². The first kappa shape index (κ1) is 19.0. The van der Waals surface area contributed by atoms with Crippen molar-refractivity contribution in [2.24, 2.45) is 0 Å². The summed E-state index contributed by atoms with van der Waals surface area (Å²) in [5.41, 5.74) is 1.94. The van der Waals surface area contributed by atoms with Crippen LogP contribution in [-0.4, -0.2) is 52.6 Å². The van der Waals surface area contributed by atoms with Crippen molar-refractivity contribution in [2.45, 2.75) is 43.9 Å². The summed E-state index contributed by atoms with van der Waals surface area (Å²) in [7, 11) is 0. The predicted octanol–water partition coefficient (Wildman–Crippen LogP) is 1.23. The SMILES string of the molecule is O[C@@H]1[C@H](O)[C@@H](O)O[C@H](COCc2ccccc2)[C@H]1OCc1ccccc1. The first-order valence-electron chi connectivity index (χ1n) is 8.62. The predicted molar refractivity (Wildman–Crippen MR) is 94.0 cm³/mol. The number of hydrogen-bond donors (Lipinski definition) is 3. The van der Waals surface area contributed by atoms with Crippen molar-refractivity contribution in [3.05, 3.63) is 71.8 Å². The molecule has 0 bridgehead atoms. The molecule has 1 saturated heterocycles. The fourth-order valence-electron chi connectivity index (χ4n) is 2.89. The van der Waals surface area contributed by atoms with Gasteiger partial charge in [-0.15, -0.1) is 0 Å². The molecule has 26 heavy (non-hydrogen) atoms. The minimum Gasteiger partial charge on any atom is -0.387 e.